The van der Waals surface area contributed by atoms with Gasteiger partial charge in [-0.1, -0.05) is 23.2 Å². The van der Waals surface area contributed by atoms with E-state index in [0.717, 1.165) is 87.8 Å². The van der Waals surface area contributed by atoms with Crippen LogP contribution in [0.2, 0.25) is 10.0 Å². The zero-order chi connectivity index (χ0) is 26.6. The SMILES string of the molecule is CCNC(=NCCCOc1c2[nH]c3ccc(Cl)cc3c2cc2c1[nH]c1ccc(Cl)cc12)NCCCN(C)C. The lowest BCUT2D eigenvalue weighted by atomic mass is 10.1. The first-order valence-corrected chi connectivity index (χ1v) is 13.8. The molecule has 0 aliphatic carbocycles. The number of H-pyrrole nitrogens is 2. The minimum absolute atomic E-state index is 0.532. The summed E-state index contributed by atoms with van der Waals surface area (Å²) in [5.41, 5.74) is 3.94. The summed E-state index contributed by atoms with van der Waals surface area (Å²) in [5, 5.41) is 12.4. The quantitative estimate of drug-likeness (QED) is 0.0900. The zero-order valence-corrected chi connectivity index (χ0v) is 23.6. The van der Waals surface area contributed by atoms with E-state index in [1.165, 1.54) is 0 Å². The van der Waals surface area contributed by atoms with E-state index < -0.39 is 0 Å². The fourth-order valence-corrected chi connectivity index (χ4v) is 5.16. The Labute approximate surface area is 232 Å². The number of aromatic amines is 2. The molecule has 200 valence electrons. The van der Waals surface area contributed by atoms with Crippen molar-refractivity contribution in [3.8, 4) is 5.75 Å². The summed E-state index contributed by atoms with van der Waals surface area (Å²) < 4.78 is 6.47. The summed E-state index contributed by atoms with van der Waals surface area (Å²) in [6, 6.07) is 14.0. The van der Waals surface area contributed by atoms with Crippen molar-refractivity contribution >= 4 is 72.8 Å². The molecule has 3 aromatic carbocycles. The van der Waals surface area contributed by atoms with Gasteiger partial charge in [0.2, 0.25) is 0 Å². The summed E-state index contributed by atoms with van der Waals surface area (Å²) >= 11 is 12.7. The molecule has 7 nitrogen and oxygen atoms in total. The molecule has 0 atom stereocenters. The standard InChI is InChI=1S/C29H34Cl2N6O/c1-4-32-29(33-11-5-13-37(2)3)34-12-6-14-38-28-26-22(20-15-18(30)7-9-24(20)35-26)17-23-21-16-19(31)8-10-25(21)36-27(23)28/h7-10,15-17,35-36H,4-6,11-14H2,1-3H3,(H2,32,33,34). The minimum atomic E-state index is 0.532. The van der Waals surface area contributed by atoms with Crippen molar-refractivity contribution in [3.63, 3.8) is 0 Å². The molecule has 5 rings (SSSR count). The topological polar surface area (TPSA) is 80.5 Å². The molecule has 0 fully saturated rings. The summed E-state index contributed by atoms with van der Waals surface area (Å²) in [4.78, 5) is 14.0. The predicted molar refractivity (Wildman–Crippen MR) is 162 cm³/mol. The Balaban J connectivity index is 1.40. The van der Waals surface area contributed by atoms with E-state index in [2.05, 4.69) is 52.6 Å². The lowest BCUT2D eigenvalue weighted by Gasteiger charge is -2.13. The Hall–Kier alpha value is -3.13. The van der Waals surface area contributed by atoms with Crippen LogP contribution in [-0.4, -0.2) is 67.7 Å². The first-order valence-electron chi connectivity index (χ1n) is 13.1. The first kappa shape index (κ1) is 26.5. The second-order valence-corrected chi connectivity index (χ2v) is 10.6. The van der Waals surface area contributed by atoms with Gasteiger partial charge < -0.3 is 30.2 Å². The maximum atomic E-state index is 6.47. The number of aliphatic imine (C=N–C) groups is 1. The lowest BCUT2D eigenvalue weighted by molar-refractivity contribution is 0.319. The third kappa shape index (κ3) is 5.65. The number of fused-ring (bicyclic) bond motifs is 6. The van der Waals surface area contributed by atoms with Gasteiger partial charge in [-0.25, -0.2) is 0 Å². The van der Waals surface area contributed by atoms with Gasteiger partial charge in [0.05, 0.1) is 17.6 Å². The number of hydrogen-bond donors (Lipinski definition) is 4. The van der Waals surface area contributed by atoms with Crippen molar-refractivity contribution in [2.24, 2.45) is 4.99 Å². The Morgan fingerprint density at radius 3 is 2.08 bits per heavy atom. The molecule has 0 bridgehead atoms. The van der Waals surface area contributed by atoms with E-state index >= 15 is 0 Å². The number of guanidine groups is 1. The predicted octanol–water partition coefficient (Wildman–Crippen LogP) is 6.54. The molecule has 5 aromatic rings. The van der Waals surface area contributed by atoms with Crippen LogP contribution in [0.3, 0.4) is 0 Å². The molecular formula is C29H34Cl2N6O. The monoisotopic (exact) mass is 552 g/mol. The van der Waals surface area contributed by atoms with Gasteiger partial charge in [0.25, 0.3) is 0 Å². The van der Waals surface area contributed by atoms with Crippen molar-refractivity contribution in [1.82, 2.24) is 25.5 Å². The second-order valence-electron chi connectivity index (χ2n) is 9.73. The average Bonchev–Trinajstić information content (AvgIpc) is 3.43. The van der Waals surface area contributed by atoms with Crippen molar-refractivity contribution in [3.05, 3.63) is 52.5 Å². The van der Waals surface area contributed by atoms with E-state index in [1.54, 1.807) is 0 Å². The molecule has 0 unspecified atom stereocenters. The highest BCUT2D eigenvalue weighted by molar-refractivity contribution is 6.33. The fourth-order valence-electron chi connectivity index (χ4n) is 4.82. The van der Waals surface area contributed by atoms with Crippen LogP contribution in [0.1, 0.15) is 19.8 Å². The summed E-state index contributed by atoms with van der Waals surface area (Å²) in [7, 11) is 4.17. The number of hydrogen-bond acceptors (Lipinski definition) is 3. The van der Waals surface area contributed by atoms with Gasteiger partial charge in [-0.3, -0.25) is 4.99 Å². The Bertz CT molecular complexity index is 1510. The number of rotatable bonds is 10. The van der Waals surface area contributed by atoms with Crippen LogP contribution >= 0.6 is 23.2 Å². The second kappa shape index (κ2) is 11.7. The van der Waals surface area contributed by atoms with Crippen molar-refractivity contribution < 1.29 is 4.74 Å². The summed E-state index contributed by atoms with van der Waals surface area (Å²) in [6.07, 6.45) is 1.84. The van der Waals surface area contributed by atoms with E-state index in [1.807, 2.05) is 36.4 Å². The van der Waals surface area contributed by atoms with Gasteiger partial charge in [0.1, 0.15) is 0 Å². The molecule has 0 spiro atoms. The molecule has 4 N–H and O–H groups in total. The summed E-state index contributed by atoms with van der Waals surface area (Å²) in [5.74, 6) is 1.64. The Kier molecular flexibility index (Phi) is 8.17. The molecule has 0 saturated heterocycles. The van der Waals surface area contributed by atoms with Crippen LogP contribution in [0.4, 0.5) is 0 Å². The van der Waals surface area contributed by atoms with Crippen molar-refractivity contribution in [1.29, 1.82) is 0 Å². The summed E-state index contributed by atoms with van der Waals surface area (Å²) in [6.45, 7) is 6.02. The van der Waals surface area contributed by atoms with E-state index in [0.29, 0.717) is 23.2 Å². The fraction of sp³-hybridized carbons (Fsp3) is 0.345. The van der Waals surface area contributed by atoms with Gasteiger partial charge in [-0.05, 0) is 76.4 Å². The Morgan fingerprint density at radius 2 is 1.50 bits per heavy atom. The maximum absolute atomic E-state index is 6.47. The molecule has 0 saturated carbocycles. The molecule has 2 heterocycles. The van der Waals surface area contributed by atoms with Crippen molar-refractivity contribution in [2.45, 2.75) is 19.8 Å². The van der Waals surface area contributed by atoms with Gasteiger partial charge in [-0.2, -0.15) is 0 Å². The largest absolute Gasteiger partial charge is 0.489 e. The average molecular weight is 554 g/mol. The van der Waals surface area contributed by atoms with Gasteiger partial charge in [-0.15, -0.1) is 0 Å². The molecule has 0 amide bonds. The van der Waals surface area contributed by atoms with Gasteiger partial charge in [0.15, 0.2) is 11.7 Å². The minimum Gasteiger partial charge on any atom is -0.489 e. The van der Waals surface area contributed by atoms with Crippen LogP contribution in [0.25, 0.3) is 43.6 Å². The highest BCUT2D eigenvalue weighted by Gasteiger charge is 2.18. The van der Waals surface area contributed by atoms with Crippen LogP contribution in [-0.2, 0) is 0 Å². The van der Waals surface area contributed by atoms with Crippen molar-refractivity contribution in [2.75, 3.05) is 46.9 Å². The normalized spacial score (nSPS) is 12.4. The highest BCUT2D eigenvalue weighted by atomic mass is 35.5. The number of ether oxygens (including phenoxy) is 1. The first-order chi connectivity index (χ1) is 18.4. The molecule has 9 heteroatoms. The van der Waals surface area contributed by atoms with E-state index in [4.69, 9.17) is 32.9 Å². The molecule has 2 aromatic heterocycles. The number of nitrogens with one attached hydrogen (secondary N) is 4. The molecular weight excluding hydrogens is 519 g/mol. The smallest absolute Gasteiger partial charge is 0.191 e. The van der Waals surface area contributed by atoms with Crippen LogP contribution in [0.15, 0.2) is 47.5 Å². The number of nitrogens with zero attached hydrogens (tertiary/aromatic N) is 2. The van der Waals surface area contributed by atoms with Gasteiger partial charge >= 0.3 is 0 Å². The van der Waals surface area contributed by atoms with E-state index in [-0.39, 0.29) is 0 Å². The zero-order valence-electron chi connectivity index (χ0n) is 22.0. The number of aromatic nitrogens is 2. The highest BCUT2D eigenvalue weighted by Crippen LogP contribution is 2.41. The maximum Gasteiger partial charge on any atom is 0.191 e. The van der Waals surface area contributed by atoms with Gasteiger partial charge in [0, 0.05) is 68.7 Å². The van der Waals surface area contributed by atoms with Crippen LogP contribution < -0.4 is 15.4 Å². The number of halogens is 2. The molecule has 38 heavy (non-hydrogen) atoms. The molecule has 0 aliphatic rings. The third-order valence-electron chi connectivity index (χ3n) is 6.58. The van der Waals surface area contributed by atoms with Crippen LogP contribution in [0.5, 0.6) is 5.75 Å². The third-order valence-corrected chi connectivity index (χ3v) is 7.05. The lowest BCUT2D eigenvalue weighted by Crippen LogP contribution is -2.38. The number of benzene rings is 3. The van der Waals surface area contributed by atoms with Crippen LogP contribution in [0, 0.1) is 0 Å². The Morgan fingerprint density at radius 1 is 0.868 bits per heavy atom. The molecule has 0 aliphatic heterocycles. The van der Waals surface area contributed by atoms with E-state index in [9.17, 15) is 0 Å². The molecule has 0 radical (unpaired) electrons.